The van der Waals surface area contributed by atoms with Crippen LogP contribution in [-0.2, 0) is 6.54 Å². The van der Waals surface area contributed by atoms with Gasteiger partial charge >= 0.3 is 0 Å². The molecule has 4 nitrogen and oxygen atoms in total. The molecule has 0 aromatic carbocycles. The Morgan fingerprint density at radius 1 is 1.73 bits per heavy atom. The molecule has 0 saturated carbocycles. The first-order valence-electron chi connectivity index (χ1n) is 5.42. The van der Waals surface area contributed by atoms with Gasteiger partial charge in [0.15, 0.2) is 0 Å². The van der Waals surface area contributed by atoms with Crippen molar-refractivity contribution < 1.29 is 5.11 Å². The summed E-state index contributed by atoms with van der Waals surface area (Å²) in [7, 11) is 0. The van der Waals surface area contributed by atoms with Gasteiger partial charge in [-0.25, -0.2) is 0 Å². The number of nitrogens with zero attached hydrogens (tertiary/aromatic N) is 3. The Kier molecular flexibility index (Phi) is 3.66. The molecule has 1 aliphatic heterocycles. The Labute approximate surface area is 94.1 Å². The summed E-state index contributed by atoms with van der Waals surface area (Å²) in [5, 5.41) is 15.6. The number of piperidine rings is 1. The van der Waals surface area contributed by atoms with Gasteiger partial charge in [-0.05, 0) is 43.8 Å². The van der Waals surface area contributed by atoms with E-state index in [1.165, 1.54) is 18.0 Å². The van der Waals surface area contributed by atoms with E-state index in [0.29, 0.717) is 5.92 Å². The van der Waals surface area contributed by atoms with E-state index in [4.69, 9.17) is 0 Å². The van der Waals surface area contributed by atoms with Crippen LogP contribution in [-0.4, -0.2) is 38.8 Å². The summed E-state index contributed by atoms with van der Waals surface area (Å²) in [6.45, 7) is 4.86. The van der Waals surface area contributed by atoms with Crippen molar-refractivity contribution in [1.82, 2.24) is 14.5 Å². The normalized spacial score (nSPS) is 25.3. The van der Waals surface area contributed by atoms with Crippen molar-refractivity contribution in [2.75, 3.05) is 13.1 Å². The van der Waals surface area contributed by atoms with Gasteiger partial charge in [-0.1, -0.05) is 4.49 Å². The number of hydrogen-bond donors (Lipinski definition) is 1. The Bertz CT molecular complexity index is 289. The summed E-state index contributed by atoms with van der Waals surface area (Å²) in [5.74, 6) is 0.422. The van der Waals surface area contributed by atoms with Gasteiger partial charge in [0.25, 0.3) is 0 Å². The minimum atomic E-state index is -0.193. The monoisotopic (exact) mass is 227 g/mol. The molecule has 1 fully saturated rings. The Hall–Kier alpha value is -0.520. The second-order valence-electron chi connectivity index (χ2n) is 4.27. The van der Waals surface area contributed by atoms with Crippen molar-refractivity contribution in [3.63, 3.8) is 0 Å². The quantitative estimate of drug-likeness (QED) is 0.841. The summed E-state index contributed by atoms with van der Waals surface area (Å²) in [4.78, 5) is 2.36. The first-order valence-corrected chi connectivity index (χ1v) is 6.25. The van der Waals surface area contributed by atoms with Crippen LogP contribution in [0.3, 0.4) is 0 Å². The van der Waals surface area contributed by atoms with Crippen LogP contribution < -0.4 is 0 Å². The zero-order chi connectivity index (χ0) is 10.7. The maximum atomic E-state index is 9.57. The van der Waals surface area contributed by atoms with Crippen molar-refractivity contribution in [3.8, 4) is 0 Å². The van der Waals surface area contributed by atoms with E-state index in [-0.39, 0.29) is 6.10 Å². The summed E-state index contributed by atoms with van der Waals surface area (Å²) in [6.07, 6.45) is 2.12. The molecule has 1 aliphatic rings. The van der Waals surface area contributed by atoms with Crippen LogP contribution in [0.5, 0.6) is 0 Å². The Morgan fingerprint density at radius 3 is 3.27 bits per heavy atom. The SMILES string of the molecule is C[C@H](O)[C@H]1CCCN(Cc2csnn2)C1. The van der Waals surface area contributed by atoms with Gasteiger partial charge in [0.1, 0.15) is 0 Å². The van der Waals surface area contributed by atoms with Crippen LogP contribution in [0, 0.1) is 5.92 Å². The van der Waals surface area contributed by atoms with Gasteiger partial charge in [-0.15, -0.1) is 5.10 Å². The molecular weight excluding hydrogens is 210 g/mol. The van der Waals surface area contributed by atoms with Crippen molar-refractivity contribution >= 4 is 11.5 Å². The fraction of sp³-hybridized carbons (Fsp3) is 0.800. The molecule has 0 unspecified atom stereocenters. The molecule has 84 valence electrons. The minimum Gasteiger partial charge on any atom is -0.393 e. The smallest absolute Gasteiger partial charge is 0.0895 e. The van der Waals surface area contributed by atoms with Crippen molar-refractivity contribution in [1.29, 1.82) is 0 Å². The Balaban J connectivity index is 1.88. The summed E-state index contributed by atoms with van der Waals surface area (Å²) in [6, 6.07) is 0. The molecule has 1 aromatic heterocycles. The number of aliphatic hydroxyl groups is 1. The fourth-order valence-corrected chi connectivity index (χ4v) is 2.55. The molecule has 0 aliphatic carbocycles. The first kappa shape index (κ1) is 11.0. The fourth-order valence-electron chi connectivity index (χ4n) is 2.11. The third-order valence-corrected chi connectivity index (χ3v) is 3.57. The molecule has 1 aromatic rings. The number of hydrogen-bond acceptors (Lipinski definition) is 5. The number of aliphatic hydroxyl groups excluding tert-OH is 1. The third kappa shape index (κ3) is 2.96. The summed E-state index contributed by atoms with van der Waals surface area (Å²) < 4.78 is 3.86. The molecule has 0 bridgehead atoms. The molecule has 5 heteroatoms. The first-order chi connectivity index (χ1) is 7.25. The van der Waals surface area contributed by atoms with E-state index < -0.39 is 0 Å². The summed E-state index contributed by atoms with van der Waals surface area (Å²) in [5.41, 5.74) is 1.05. The van der Waals surface area contributed by atoms with Gasteiger partial charge in [0, 0.05) is 18.5 Å². The number of rotatable bonds is 3. The highest BCUT2D eigenvalue weighted by Crippen LogP contribution is 2.20. The van der Waals surface area contributed by atoms with Crippen molar-refractivity contribution in [2.45, 2.75) is 32.4 Å². The largest absolute Gasteiger partial charge is 0.393 e. The molecule has 1 N–H and O–H groups in total. The highest BCUT2D eigenvalue weighted by Gasteiger charge is 2.23. The van der Waals surface area contributed by atoms with Gasteiger partial charge < -0.3 is 5.11 Å². The van der Waals surface area contributed by atoms with Gasteiger partial charge in [-0.3, -0.25) is 4.90 Å². The van der Waals surface area contributed by atoms with Crippen LogP contribution in [0.2, 0.25) is 0 Å². The Morgan fingerprint density at radius 2 is 2.60 bits per heavy atom. The van der Waals surface area contributed by atoms with E-state index in [0.717, 1.165) is 31.7 Å². The number of likely N-dealkylation sites (tertiary alicyclic amines) is 1. The lowest BCUT2D eigenvalue weighted by molar-refractivity contribution is 0.0594. The molecule has 1 saturated heterocycles. The lowest BCUT2D eigenvalue weighted by Crippen LogP contribution is -2.39. The molecule has 2 heterocycles. The van der Waals surface area contributed by atoms with E-state index in [9.17, 15) is 5.11 Å². The van der Waals surface area contributed by atoms with Gasteiger partial charge in [-0.2, -0.15) is 0 Å². The zero-order valence-electron chi connectivity index (χ0n) is 8.96. The van der Waals surface area contributed by atoms with Crippen LogP contribution in [0.1, 0.15) is 25.5 Å². The maximum Gasteiger partial charge on any atom is 0.0895 e. The molecular formula is C10H17N3OS. The molecule has 2 atom stereocenters. The van der Waals surface area contributed by atoms with Gasteiger partial charge in [0.2, 0.25) is 0 Å². The van der Waals surface area contributed by atoms with E-state index >= 15 is 0 Å². The van der Waals surface area contributed by atoms with Gasteiger partial charge in [0.05, 0.1) is 11.8 Å². The molecule has 0 spiro atoms. The lowest BCUT2D eigenvalue weighted by atomic mass is 9.93. The third-order valence-electron chi connectivity index (χ3n) is 3.01. The van der Waals surface area contributed by atoms with E-state index in [1.807, 2.05) is 12.3 Å². The molecule has 2 rings (SSSR count). The molecule has 0 radical (unpaired) electrons. The highest BCUT2D eigenvalue weighted by atomic mass is 32.1. The van der Waals surface area contributed by atoms with Crippen molar-refractivity contribution in [2.24, 2.45) is 5.92 Å². The predicted octanol–water partition coefficient (Wildman–Crippen LogP) is 1.13. The van der Waals surface area contributed by atoms with E-state index in [2.05, 4.69) is 14.5 Å². The van der Waals surface area contributed by atoms with Crippen LogP contribution in [0.4, 0.5) is 0 Å². The average molecular weight is 227 g/mol. The van der Waals surface area contributed by atoms with Crippen LogP contribution in [0.15, 0.2) is 5.38 Å². The maximum absolute atomic E-state index is 9.57. The topological polar surface area (TPSA) is 49.2 Å². The van der Waals surface area contributed by atoms with Crippen molar-refractivity contribution in [3.05, 3.63) is 11.1 Å². The van der Waals surface area contributed by atoms with Crippen LogP contribution >= 0.6 is 11.5 Å². The standard InChI is InChI=1S/C10H17N3OS/c1-8(14)9-3-2-4-13(5-9)6-10-7-15-12-11-10/h7-9,14H,2-6H2,1H3/t8-,9-/m0/s1. The zero-order valence-corrected chi connectivity index (χ0v) is 9.78. The molecule has 15 heavy (non-hydrogen) atoms. The average Bonchev–Trinajstić information content (AvgIpc) is 2.71. The number of aromatic nitrogens is 2. The highest BCUT2D eigenvalue weighted by molar-refractivity contribution is 7.03. The van der Waals surface area contributed by atoms with Crippen LogP contribution in [0.25, 0.3) is 0 Å². The second kappa shape index (κ2) is 5.01. The minimum absolute atomic E-state index is 0.193. The molecule has 0 amide bonds. The lowest BCUT2D eigenvalue weighted by Gasteiger charge is -2.33. The van der Waals surface area contributed by atoms with E-state index in [1.54, 1.807) is 0 Å². The second-order valence-corrected chi connectivity index (χ2v) is 4.88. The summed E-state index contributed by atoms with van der Waals surface area (Å²) >= 11 is 1.40. The predicted molar refractivity (Wildman–Crippen MR) is 59.6 cm³/mol.